The monoisotopic (exact) mass is 1460 g/mol. The highest BCUT2D eigenvalue weighted by Crippen LogP contribution is 2.25. The summed E-state index contributed by atoms with van der Waals surface area (Å²) in [6.07, 6.45) is 8.64. The predicted molar refractivity (Wildman–Crippen MR) is 384 cm³/mol. The van der Waals surface area contributed by atoms with Gasteiger partial charge in [-0.2, -0.15) is 23.5 Å². The number of benzene rings is 1. The lowest BCUT2D eigenvalue weighted by Gasteiger charge is -2.25. The molecule has 0 aliphatic carbocycles. The van der Waals surface area contributed by atoms with Gasteiger partial charge in [-0.3, -0.25) is 72.1 Å². The Hall–Kier alpha value is -8.40. The molecule has 8 atom stereocenters. The van der Waals surface area contributed by atoms with Crippen LogP contribution in [-0.4, -0.2) is 204 Å². The van der Waals surface area contributed by atoms with Crippen molar-refractivity contribution in [3.8, 4) is 0 Å². The second kappa shape index (κ2) is 50.0. The van der Waals surface area contributed by atoms with Crippen LogP contribution < -0.4 is 70.4 Å². The molecule has 2 aliphatic rings. The van der Waals surface area contributed by atoms with E-state index >= 15 is 0 Å². The number of imide groups is 2. The molecule has 2 fully saturated rings. The second-order valence-corrected chi connectivity index (χ2v) is 27.2. The number of hydrogen-bond acceptors (Lipinski definition) is 20. The van der Waals surface area contributed by atoms with Gasteiger partial charge in [0.15, 0.2) is 12.9 Å². The van der Waals surface area contributed by atoms with E-state index < -0.39 is 85.2 Å². The number of unbranched alkanes of at least 4 members (excludes halogenated alkanes) is 4. The molecule has 16 N–H and O–H groups in total. The molecule has 568 valence electrons. The van der Waals surface area contributed by atoms with Crippen molar-refractivity contribution in [3.63, 3.8) is 0 Å². The quantitative estimate of drug-likeness (QED) is 0.0253. The zero-order chi connectivity index (χ0) is 78.6. The molecule has 0 aromatic heterocycles. The molecule has 0 saturated carbocycles. The molecule has 5 unspecified atom stereocenters. The summed E-state index contributed by atoms with van der Waals surface area (Å²) in [6, 6.07) is -0.420. The van der Waals surface area contributed by atoms with Crippen LogP contribution in [0.4, 0.5) is 20.1 Å². The smallest absolute Gasteiger partial charge is 0.312 e. The van der Waals surface area contributed by atoms with Crippen LogP contribution in [0.25, 0.3) is 0 Å². The summed E-state index contributed by atoms with van der Waals surface area (Å²) < 4.78 is 26.0. The maximum Gasteiger partial charge on any atom is 0.312 e. The van der Waals surface area contributed by atoms with Crippen molar-refractivity contribution in [3.05, 3.63) is 29.8 Å². The average molecular weight is 1470 g/mol. The number of anilines is 1. The lowest BCUT2D eigenvalue weighted by Crippen LogP contribution is -2.54. The van der Waals surface area contributed by atoms with Gasteiger partial charge in [0, 0.05) is 66.8 Å². The van der Waals surface area contributed by atoms with Crippen molar-refractivity contribution >= 4 is 124 Å². The molecule has 2 aliphatic heterocycles. The number of nitrogens with two attached hydrogens (primary N) is 3. The fourth-order valence-electron chi connectivity index (χ4n) is 10.3. The third-order valence-electron chi connectivity index (χ3n) is 15.9. The van der Waals surface area contributed by atoms with Crippen LogP contribution in [0.1, 0.15) is 175 Å². The van der Waals surface area contributed by atoms with Gasteiger partial charge < -0.3 is 75.1 Å². The number of Topliss-reactive ketones (excluding diaryl/α,β-unsaturated/α-hetero) is 2. The predicted octanol–water partition coefficient (Wildman–Crippen LogP) is 2.27. The zero-order valence-electron chi connectivity index (χ0n) is 62.7. The summed E-state index contributed by atoms with van der Waals surface area (Å²) >= 11 is 2.74. The number of carbonyl (C=O) groups is 16. The molecule has 1 aromatic rings. The summed E-state index contributed by atoms with van der Waals surface area (Å²) in [5.74, 6) is -4.39. The molecular formula is C67H111N15O17S2. The Bertz CT molecular complexity index is 3010. The van der Waals surface area contributed by atoms with E-state index in [1.165, 1.54) is 33.3 Å². The van der Waals surface area contributed by atoms with Gasteiger partial charge in [0.2, 0.25) is 59.1 Å². The number of carbonyl (C=O) groups excluding carboxylic acids is 16. The number of rotatable bonds is 45. The van der Waals surface area contributed by atoms with Gasteiger partial charge in [0.25, 0.3) is 6.45 Å². The lowest BCUT2D eigenvalue weighted by molar-refractivity contribution is -0.139. The van der Waals surface area contributed by atoms with Crippen LogP contribution in [0.2, 0.25) is 0 Å². The van der Waals surface area contributed by atoms with Crippen molar-refractivity contribution in [1.82, 2.24) is 57.7 Å². The van der Waals surface area contributed by atoms with Crippen LogP contribution in [-0.2, 0) is 73.7 Å². The summed E-state index contributed by atoms with van der Waals surface area (Å²) in [7, 11) is 0. The lowest BCUT2D eigenvalue weighted by atomic mass is 10.0. The molecule has 34 heteroatoms. The minimum Gasteiger partial charge on any atom is -0.463 e. The van der Waals surface area contributed by atoms with Gasteiger partial charge in [-0.05, 0) is 133 Å². The number of likely N-dealkylation sites (tertiary alicyclic amines) is 2. The Labute approximate surface area is 605 Å². The van der Waals surface area contributed by atoms with E-state index in [1.807, 2.05) is 20.8 Å². The van der Waals surface area contributed by atoms with Crippen LogP contribution in [0.5, 0.6) is 0 Å². The van der Waals surface area contributed by atoms with Crippen LogP contribution in [0, 0.1) is 17.8 Å². The number of primary amides is 3. The molecule has 1 aromatic carbocycles. The normalized spacial score (nSPS) is 16.2. The van der Waals surface area contributed by atoms with E-state index in [0.717, 1.165) is 0 Å². The minimum atomic E-state index is -1.16. The van der Waals surface area contributed by atoms with E-state index in [0.29, 0.717) is 102 Å². The highest BCUT2D eigenvalue weighted by atomic mass is 32.2. The van der Waals surface area contributed by atoms with Crippen molar-refractivity contribution < 1.29 is 85.6 Å². The maximum atomic E-state index is 13.3. The Balaban J connectivity index is 0.000000830. The maximum absolute atomic E-state index is 13.3. The molecule has 2 heterocycles. The number of thioether (sulfide) groups is 2. The fraction of sp³-hybridized carbons (Fsp3) is 0.672. The Morgan fingerprint density at radius 3 is 1.26 bits per heavy atom. The van der Waals surface area contributed by atoms with Gasteiger partial charge in [-0.15, -0.1) is 0 Å². The van der Waals surface area contributed by atoms with E-state index in [2.05, 4.69) is 57.9 Å². The Morgan fingerprint density at radius 2 is 0.921 bits per heavy atom. The van der Waals surface area contributed by atoms with E-state index in [1.54, 1.807) is 64.5 Å². The SMILES string of the molecule is [2H]C(=O)OCc1ccc(NC(=O)[C@H](CCCNC(N)=O)NC(=O)C(NC(=O)CCCCCN2C(=O)CC(SC)C2=O)C(C)C)cc1.[2H]CC(=O)[C@H](CCCNC(N)=O)NC(=O)C(NC(=O)CCCCCN1C(=O)CC(SC)C1=O)C(C)C.[2H]CC(=O)[C@H](CCCNC(N)=O)NC(=O)C(NCC)C(C)C. The van der Waals surface area contributed by atoms with Gasteiger partial charge in [-0.25, -0.2) is 14.4 Å². The topological polar surface area (TPSA) is 487 Å². The first kappa shape index (κ1) is 85.0. The molecule has 2 saturated heterocycles. The van der Waals surface area contributed by atoms with Crippen LogP contribution in [0.3, 0.4) is 0 Å². The molecule has 101 heavy (non-hydrogen) atoms. The highest BCUT2D eigenvalue weighted by Gasteiger charge is 2.39. The number of nitrogens with zero attached hydrogens (tertiary/aromatic N) is 2. The van der Waals surface area contributed by atoms with Crippen molar-refractivity contribution in [2.24, 2.45) is 35.0 Å². The third kappa shape index (κ3) is 36.7. The summed E-state index contributed by atoms with van der Waals surface area (Å²) in [6.45, 7) is 13.9. The van der Waals surface area contributed by atoms with E-state index in [9.17, 15) is 76.7 Å². The van der Waals surface area contributed by atoms with E-state index in [-0.39, 0.29) is 147 Å². The first-order valence-electron chi connectivity index (χ1n) is 35.8. The van der Waals surface area contributed by atoms with Gasteiger partial charge >= 0.3 is 18.1 Å². The standard InChI is InChI=1S/C30H44N6O8S.C23H39N5O6S.C14H28N4O3/c1-19(2)26(35-24(38)9-5-4-6-15-36-25(39)16-23(45-3)29(36)42)28(41)34-22(8-7-14-32-30(31)43)27(40)33-21-12-10-20(11-13-21)17-44-18-37;1-14(2)20(21(32)26-16(15(3)29)9-8-11-25-23(24)34)27-18(30)10-6-5-7-12-28-19(31)13-17(35-4)22(28)33;1-5-16-12(9(2)3)13(20)18-11(10(4)19)7-6-8-17-14(15)21/h10-13,18-19,22-23,26H,4-9,14-17H2,1-3H3,(H,33,40)(H,34,41)(H,35,38)(H3,31,32,43);14,16-17,20H,5-13H2,1-4H3,(H,26,32)(H,27,30)(H3,24,25,34);9,11-12,16H,5-8H2,1-4H3,(H,18,20)(H3,15,17,21)/t22-,23?,26?;16-,17?,20?;11-,12?/m000/s1/i18D;3D;4D. The number of amides is 16. The molecule has 0 radical (unpaired) electrons. The third-order valence-corrected chi connectivity index (χ3v) is 17.8. The Kier molecular flexibility index (Phi) is 42.1. The highest BCUT2D eigenvalue weighted by molar-refractivity contribution is 8.00. The first-order valence-corrected chi connectivity index (χ1v) is 36.5. The van der Waals surface area contributed by atoms with Crippen molar-refractivity contribution in [1.29, 1.82) is 0 Å². The summed E-state index contributed by atoms with van der Waals surface area (Å²) in [5.41, 5.74) is 16.1. The van der Waals surface area contributed by atoms with Crippen molar-refractivity contribution in [2.75, 3.05) is 57.1 Å². The number of urea groups is 3. The number of hydrogen-bond donors (Lipinski definition) is 13. The molecule has 0 spiro atoms. The molecule has 32 nitrogen and oxygen atoms in total. The molecule has 16 amide bonds. The second-order valence-electron chi connectivity index (χ2n) is 25.1. The van der Waals surface area contributed by atoms with Crippen LogP contribution in [0.15, 0.2) is 24.3 Å². The summed E-state index contributed by atoms with van der Waals surface area (Å²) in [4.78, 5) is 195. The number of ether oxygens (including phenoxy) is 1. The number of ketones is 2. The van der Waals surface area contributed by atoms with E-state index in [4.69, 9.17) is 21.3 Å². The largest absolute Gasteiger partial charge is 0.463 e. The average Bonchev–Trinajstić information content (AvgIpc) is 1.69. The fourth-order valence-corrected chi connectivity index (χ4v) is 11.6. The minimum absolute atomic E-state index is 0.0863. The number of nitrogens with one attached hydrogen (secondary N) is 10. The molecule has 0 bridgehead atoms. The first-order chi connectivity index (χ1) is 49.2. The van der Waals surface area contributed by atoms with Gasteiger partial charge in [0.1, 0.15) is 24.7 Å². The molecule has 3 rings (SSSR count). The van der Waals surface area contributed by atoms with Gasteiger partial charge in [-0.1, -0.05) is 73.4 Å². The molecular weight excluding hydrogens is 1350 g/mol. The Morgan fingerprint density at radius 1 is 0.545 bits per heavy atom. The van der Waals surface area contributed by atoms with Crippen molar-refractivity contribution in [2.45, 2.75) is 218 Å². The zero-order valence-corrected chi connectivity index (χ0v) is 61.4. The number of likely N-dealkylation sites (N-methyl/N-ethyl adjacent to an activating group) is 1. The van der Waals surface area contributed by atoms with Gasteiger partial charge in [0.05, 0.1) is 28.6 Å². The van der Waals surface area contributed by atoms with Crippen LogP contribution >= 0.6 is 23.5 Å². The summed E-state index contributed by atoms with van der Waals surface area (Å²) in [5, 5.41) is 26.0.